The van der Waals surface area contributed by atoms with Crippen LogP contribution in [0.4, 0.5) is 10.9 Å². The SMILES string of the molecule is Cc1cc(C)c(C#N)c(Nc2nc3ccc(Cl)cc3s2)n1. The van der Waals surface area contributed by atoms with Crippen LogP contribution in [0.2, 0.25) is 5.02 Å². The van der Waals surface area contributed by atoms with Gasteiger partial charge in [-0.3, -0.25) is 0 Å². The van der Waals surface area contributed by atoms with Crippen LogP contribution in [0.1, 0.15) is 16.8 Å². The summed E-state index contributed by atoms with van der Waals surface area (Å²) in [6, 6.07) is 9.63. The summed E-state index contributed by atoms with van der Waals surface area (Å²) in [5, 5.41) is 13.8. The first kappa shape index (κ1) is 13.8. The van der Waals surface area contributed by atoms with Gasteiger partial charge in [0.25, 0.3) is 0 Å². The van der Waals surface area contributed by atoms with E-state index in [0.29, 0.717) is 21.5 Å². The number of nitrogens with one attached hydrogen (secondary N) is 1. The maximum atomic E-state index is 9.28. The van der Waals surface area contributed by atoms with E-state index >= 15 is 0 Å². The van der Waals surface area contributed by atoms with E-state index in [1.54, 1.807) is 0 Å². The van der Waals surface area contributed by atoms with Crippen molar-refractivity contribution in [3.8, 4) is 6.07 Å². The predicted molar refractivity (Wildman–Crippen MR) is 86.3 cm³/mol. The van der Waals surface area contributed by atoms with Crippen molar-refractivity contribution in [2.24, 2.45) is 0 Å². The Bertz CT molecular complexity index is 879. The number of benzene rings is 1. The monoisotopic (exact) mass is 314 g/mol. The minimum atomic E-state index is 0.540. The second-order valence-corrected chi connectivity index (χ2v) is 6.14. The van der Waals surface area contributed by atoms with Crippen LogP contribution in [-0.4, -0.2) is 9.97 Å². The van der Waals surface area contributed by atoms with Crippen molar-refractivity contribution in [2.45, 2.75) is 13.8 Å². The Morgan fingerprint density at radius 2 is 2.05 bits per heavy atom. The Morgan fingerprint density at radius 1 is 1.24 bits per heavy atom. The summed E-state index contributed by atoms with van der Waals surface area (Å²) in [4.78, 5) is 8.88. The van der Waals surface area contributed by atoms with Crippen molar-refractivity contribution in [3.05, 3.63) is 46.1 Å². The predicted octanol–water partition coefficient (Wildman–Crippen LogP) is 4.58. The van der Waals surface area contributed by atoms with Gasteiger partial charge in [-0.15, -0.1) is 0 Å². The Balaban J connectivity index is 2.04. The number of halogens is 1. The fourth-order valence-electron chi connectivity index (χ4n) is 2.12. The fraction of sp³-hybridized carbons (Fsp3) is 0.133. The van der Waals surface area contributed by atoms with Crippen molar-refractivity contribution in [1.29, 1.82) is 5.26 Å². The lowest BCUT2D eigenvalue weighted by atomic mass is 10.1. The molecule has 1 N–H and O–H groups in total. The number of aromatic nitrogens is 2. The first-order valence-corrected chi connectivity index (χ1v) is 7.48. The average Bonchev–Trinajstić information content (AvgIpc) is 2.79. The number of nitriles is 1. The molecule has 3 aromatic rings. The van der Waals surface area contributed by atoms with E-state index in [-0.39, 0.29) is 0 Å². The Labute approximate surface area is 131 Å². The number of hydrogen-bond acceptors (Lipinski definition) is 5. The molecule has 2 aromatic heterocycles. The second kappa shape index (κ2) is 5.32. The zero-order valence-electron chi connectivity index (χ0n) is 11.4. The number of rotatable bonds is 2. The second-order valence-electron chi connectivity index (χ2n) is 4.67. The number of nitrogens with zero attached hydrogens (tertiary/aromatic N) is 3. The molecule has 21 heavy (non-hydrogen) atoms. The molecule has 0 aliphatic rings. The molecule has 0 spiro atoms. The van der Waals surface area contributed by atoms with Gasteiger partial charge in [0.05, 0.1) is 15.8 Å². The van der Waals surface area contributed by atoms with Crippen molar-refractivity contribution in [1.82, 2.24) is 9.97 Å². The van der Waals surface area contributed by atoms with Gasteiger partial charge in [-0.25, -0.2) is 9.97 Å². The van der Waals surface area contributed by atoms with Gasteiger partial charge in [-0.1, -0.05) is 22.9 Å². The molecule has 0 aliphatic carbocycles. The fourth-order valence-corrected chi connectivity index (χ4v) is 3.26. The van der Waals surface area contributed by atoms with E-state index in [0.717, 1.165) is 21.5 Å². The summed E-state index contributed by atoms with van der Waals surface area (Å²) in [6.07, 6.45) is 0. The maximum absolute atomic E-state index is 9.28. The number of hydrogen-bond donors (Lipinski definition) is 1. The van der Waals surface area contributed by atoms with Gasteiger partial charge in [0.2, 0.25) is 0 Å². The molecule has 0 bridgehead atoms. The van der Waals surface area contributed by atoms with Gasteiger partial charge < -0.3 is 5.32 Å². The smallest absolute Gasteiger partial charge is 0.189 e. The van der Waals surface area contributed by atoms with E-state index in [1.807, 2.05) is 38.1 Å². The molecule has 0 fully saturated rings. The van der Waals surface area contributed by atoms with E-state index in [2.05, 4.69) is 21.4 Å². The van der Waals surface area contributed by atoms with Crippen molar-refractivity contribution >= 4 is 44.1 Å². The molecule has 0 radical (unpaired) electrons. The average molecular weight is 315 g/mol. The molecule has 0 amide bonds. The van der Waals surface area contributed by atoms with Gasteiger partial charge in [-0.2, -0.15) is 5.26 Å². The molecule has 104 valence electrons. The minimum absolute atomic E-state index is 0.540. The number of fused-ring (bicyclic) bond motifs is 1. The van der Waals surface area contributed by atoms with E-state index in [1.165, 1.54) is 11.3 Å². The standard InChI is InChI=1S/C15H11ClN4S/c1-8-5-9(2)18-14(11(8)7-17)20-15-19-12-4-3-10(16)6-13(12)21-15/h3-6H,1-2H3,(H,18,19,20). The zero-order chi connectivity index (χ0) is 15.0. The van der Waals surface area contributed by atoms with Crippen LogP contribution < -0.4 is 5.32 Å². The summed E-state index contributed by atoms with van der Waals surface area (Å²) in [6.45, 7) is 3.80. The highest BCUT2D eigenvalue weighted by atomic mass is 35.5. The number of aryl methyl sites for hydroxylation is 2. The number of anilines is 2. The van der Waals surface area contributed by atoms with Crippen molar-refractivity contribution in [2.75, 3.05) is 5.32 Å². The van der Waals surface area contributed by atoms with Gasteiger partial charge in [-0.05, 0) is 43.7 Å². The maximum Gasteiger partial charge on any atom is 0.189 e. The zero-order valence-corrected chi connectivity index (χ0v) is 13.0. The number of thiazole rings is 1. The lowest BCUT2D eigenvalue weighted by molar-refractivity contribution is 1.16. The number of pyridine rings is 1. The van der Waals surface area contributed by atoms with Crippen molar-refractivity contribution < 1.29 is 0 Å². The minimum Gasteiger partial charge on any atom is -0.315 e. The molecule has 1 aromatic carbocycles. The van der Waals surface area contributed by atoms with Gasteiger partial charge >= 0.3 is 0 Å². The molecule has 0 unspecified atom stereocenters. The molecule has 4 nitrogen and oxygen atoms in total. The first-order valence-electron chi connectivity index (χ1n) is 6.28. The summed E-state index contributed by atoms with van der Waals surface area (Å²) >= 11 is 7.46. The molecule has 0 saturated heterocycles. The first-order chi connectivity index (χ1) is 10.1. The normalized spacial score (nSPS) is 10.6. The highest BCUT2D eigenvalue weighted by molar-refractivity contribution is 7.22. The van der Waals surface area contributed by atoms with Crippen LogP contribution in [0.25, 0.3) is 10.2 Å². The molecule has 3 rings (SSSR count). The van der Waals surface area contributed by atoms with E-state index in [4.69, 9.17) is 11.6 Å². The lowest BCUT2D eigenvalue weighted by Crippen LogP contribution is -2.00. The third-order valence-electron chi connectivity index (χ3n) is 3.03. The largest absolute Gasteiger partial charge is 0.315 e. The van der Waals surface area contributed by atoms with Crippen LogP contribution in [-0.2, 0) is 0 Å². The molecular formula is C15H11ClN4S. The summed E-state index contributed by atoms with van der Waals surface area (Å²) < 4.78 is 0.993. The topological polar surface area (TPSA) is 61.6 Å². The van der Waals surface area contributed by atoms with Crippen molar-refractivity contribution in [3.63, 3.8) is 0 Å². The molecular weight excluding hydrogens is 304 g/mol. The highest BCUT2D eigenvalue weighted by Gasteiger charge is 2.11. The Kier molecular flexibility index (Phi) is 3.50. The quantitative estimate of drug-likeness (QED) is 0.752. The Hall–Kier alpha value is -2.16. The highest BCUT2D eigenvalue weighted by Crippen LogP contribution is 2.31. The summed E-state index contributed by atoms with van der Waals surface area (Å²) in [5.74, 6) is 0.542. The molecule has 0 atom stereocenters. The molecule has 0 aliphatic heterocycles. The summed E-state index contributed by atoms with van der Waals surface area (Å²) in [7, 11) is 0. The van der Waals surface area contributed by atoms with Crippen LogP contribution in [0.5, 0.6) is 0 Å². The lowest BCUT2D eigenvalue weighted by Gasteiger charge is -2.07. The van der Waals surface area contributed by atoms with Gasteiger partial charge in [0.1, 0.15) is 6.07 Å². The molecule has 6 heteroatoms. The Morgan fingerprint density at radius 3 is 2.81 bits per heavy atom. The van der Waals surface area contributed by atoms with E-state index in [9.17, 15) is 5.26 Å². The van der Waals surface area contributed by atoms with E-state index < -0.39 is 0 Å². The van der Waals surface area contributed by atoms with Crippen LogP contribution in [0.15, 0.2) is 24.3 Å². The third-order valence-corrected chi connectivity index (χ3v) is 4.20. The molecule has 2 heterocycles. The van der Waals surface area contributed by atoms with Crippen LogP contribution in [0, 0.1) is 25.2 Å². The van der Waals surface area contributed by atoms with Gasteiger partial charge in [0.15, 0.2) is 10.9 Å². The van der Waals surface area contributed by atoms with Gasteiger partial charge in [0, 0.05) is 10.7 Å². The van der Waals surface area contributed by atoms with Crippen LogP contribution >= 0.6 is 22.9 Å². The van der Waals surface area contributed by atoms with Crippen LogP contribution in [0.3, 0.4) is 0 Å². The summed E-state index contributed by atoms with van der Waals surface area (Å²) in [5.41, 5.74) is 3.17. The third kappa shape index (κ3) is 2.68. The molecule has 0 saturated carbocycles.